The normalized spacial score (nSPS) is 15.0. The smallest absolute Gasteiger partial charge is 0.228 e. The fourth-order valence-electron chi connectivity index (χ4n) is 2.43. The molecular formula is C16H18N6. The van der Waals surface area contributed by atoms with E-state index in [1.807, 2.05) is 25.4 Å². The summed E-state index contributed by atoms with van der Waals surface area (Å²) in [7, 11) is 2.00. The van der Waals surface area contributed by atoms with Crippen molar-refractivity contribution in [3.05, 3.63) is 47.9 Å². The monoisotopic (exact) mass is 294 g/mol. The lowest BCUT2D eigenvalue weighted by atomic mass is 10.0. The van der Waals surface area contributed by atoms with Crippen LogP contribution in [-0.2, 0) is 0 Å². The number of allylic oxidation sites excluding steroid dienone is 1. The molecule has 22 heavy (non-hydrogen) atoms. The van der Waals surface area contributed by atoms with Crippen LogP contribution in [0.5, 0.6) is 0 Å². The molecule has 0 atom stereocenters. The van der Waals surface area contributed by atoms with Crippen molar-refractivity contribution in [1.82, 2.24) is 19.9 Å². The van der Waals surface area contributed by atoms with Crippen LogP contribution in [0.2, 0.25) is 0 Å². The predicted octanol–water partition coefficient (Wildman–Crippen LogP) is 2.86. The van der Waals surface area contributed by atoms with E-state index >= 15 is 0 Å². The first-order chi connectivity index (χ1) is 10.7. The molecule has 112 valence electrons. The Balaban J connectivity index is 2.01. The summed E-state index contributed by atoms with van der Waals surface area (Å²) >= 11 is 0. The molecule has 0 unspecified atom stereocenters. The molecule has 3 heterocycles. The summed E-state index contributed by atoms with van der Waals surface area (Å²) in [5.41, 5.74) is 9.26. The maximum atomic E-state index is 6.19. The van der Waals surface area contributed by atoms with Gasteiger partial charge in [0.25, 0.3) is 0 Å². The van der Waals surface area contributed by atoms with E-state index in [1.54, 1.807) is 18.5 Å². The van der Waals surface area contributed by atoms with E-state index < -0.39 is 0 Å². The Hall–Kier alpha value is -2.89. The summed E-state index contributed by atoms with van der Waals surface area (Å²) in [4.78, 5) is 14.7. The maximum absolute atomic E-state index is 6.19. The summed E-state index contributed by atoms with van der Waals surface area (Å²) in [5.74, 6) is 1.62. The van der Waals surface area contributed by atoms with E-state index in [0.29, 0.717) is 17.6 Å². The molecule has 0 saturated carbocycles. The van der Waals surface area contributed by atoms with Crippen LogP contribution in [0.1, 0.15) is 24.5 Å². The average Bonchev–Trinajstić information content (AvgIpc) is 2.51. The van der Waals surface area contributed by atoms with Crippen molar-refractivity contribution < 1.29 is 0 Å². The van der Waals surface area contributed by atoms with Gasteiger partial charge in [0, 0.05) is 36.9 Å². The number of nitrogens with two attached hydrogens (primary N) is 1. The maximum Gasteiger partial charge on any atom is 0.228 e. The second-order valence-corrected chi connectivity index (χ2v) is 4.98. The third-order valence-electron chi connectivity index (χ3n) is 3.39. The molecule has 2 aromatic rings. The molecule has 6 nitrogen and oxygen atoms in total. The molecule has 0 bridgehead atoms. The topological polar surface area (TPSA) is 80.0 Å². The Morgan fingerprint density at radius 1 is 1.32 bits per heavy atom. The van der Waals surface area contributed by atoms with E-state index in [2.05, 4.69) is 38.2 Å². The van der Waals surface area contributed by atoms with Gasteiger partial charge in [-0.15, -0.1) is 0 Å². The van der Waals surface area contributed by atoms with E-state index in [0.717, 1.165) is 23.2 Å². The Kier molecular flexibility index (Phi) is 3.74. The highest BCUT2D eigenvalue weighted by atomic mass is 15.1. The number of nitrogens with one attached hydrogen (secondary N) is 1. The van der Waals surface area contributed by atoms with Gasteiger partial charge in [-0.3, -0.25) is 0 Å². The summed E-state index contributed by atoms with van der Waals surface area (Å²) in [6.07, 6.45) is 10.5. The third kappa shape index (κ3) is 2.63. The van der Waals surface area contributed by atoms with Crippen molar-refractivity contribution in [1.29, 1.82) is 0 Å². The van der Waals surface area contributed by atoms with Crippen LogP contribution in [0.25, 0.3) is 11.8 Å². The van der Waals surface area contributed by atoms with E-state index in [9.17, 15) is 0 Å². The zero-order valence-corrected chi connectivity index (χ0v) is 12.6. The minimum atomic E-state index is 0.492. The molecule has 3 N–H and O–H groups in total. The van der Waals surface area contributed by atoms with Crippen molar-refractivity contribution in [3.8, 4) is 0 Å². The number of pyridine rings is 1. The van der Waals surface area contributed by atoms with Gasteiger partial charge in [-0.25, -0.2) is 15.0 Å². The number of nitrogens with zero attached hydrogens (tertiary/aromatic N) is 4. The van der Waals surface area contributed by atoms with E-state index in [-0.39, 0.29) is 0 Å². The number of anilines is 3. The summed E-state index contributed by atoms with van der Waals surface area (Å²) in [6, 6.07) is 3.72. The van der Waals surface area contributed by atoms with Gasteiger partial charge in [-0.1, -0.05) is 13.0 Å². The molecule has 1 aliphatic rings. The molecule has 0 aromatic carbocycles. The van der Waals surface area contributed by atoms with Gasteiger partial charge in [0.05, 0.1) is 0 Å². The van der Waals surface area contributed by atoms with Crippen molar-refractivity contribution in [2.24, 2.45) is 0 Å². The number of hydrogen-bond donors (Lipinski definition) is 2. The number of nitrogen functional groups attached to an aromatic ring is 1. The molecule has 3 rings (SSSR count). The molecule has 2 aromatic heterocycles. The molecule has 0 aliphatic carbocycles. The number of fused-ring (bicyclic) bond motifs is 1. The lowest BCUT2D eigenvalue weighted by Crippen LogP contribution is -2.16. The average molecular weight is 294 g/mol. The van der Waals surface area contributed by atoms with Gasteiger partial charge < -0.3 is 16.0 Å². The van der Waals surface area contributed by atoms with Crippen LogP contribution in [0.15, 0.2) is 36.8 Å². The lowest BCUT2D eigenvalue weighted by Gasteiger charge is -2.26. The van der Waals surface area contributed by atoms with Gasteiger partial charge in [0.2, 0.25) is 5.95 Å². The van der Waals surface area contributed by atoms with Crippen molar-refractivity contribution in [2.45, 2.75) is 13.3 Å². The fourth-order valence-corrected chi connectivity index (χ4v) is 2.43. The molecule has 0 fully saturated rings. The highest BCUT2D eigenvalue weighted by molar-refractivity contribution is 5.84. The van der Waals surface area contributed by atoms with Crippen LogP contribution in [-0.4, -0.2) is 26.9 Å². The highest BCUT2D eigenvalue weighted by Gasteiger charge is 2.19. The minimum Gasteiger partial charge on any atom is -0.383 e. The second kappa shape index (κ2) is 5.85. The van der Waals surface area contributed by atoms with Crippen LogP contribution >= 0.6 is 0 Å². The standard InChI is InChI=1S/C16H18N6/c1-3-5-12-14-11(6-9-22(12)2)10-13(20-15(14)17)21-16-18-7-4-8-19-16/h4-10H,3H2,1-2H3,(H3,17,18,19,20,21)/b12-5-. The van der Waals surface area contributed by atoms with Crippen molar-refractivity contribution in [3.63, 3.8) is 0 Å². The first-order valence-corrected chi connectivity index (χ1v) is 7.15. The Morgan fingerprint density at radius 2 is 2.09 bits per heavy atom. The highest BCUT2D eigenvalue weighted by Crippen LogP contribution is 2.34. The van der Waals surface area contributed by atoms with E-state index in [4.69, 9.17) is 5.73 Å². The summed E-state index contributed by atoms with van der Waals surface area (Å²) < 4.78 is 0. The number of hydrogen-bond acceptors (Lipinski definition) is 6. The zero-order valence-electron chi connectivity index (χ0n) is 12.6. The van der Waals surface area contributed by atoms with E-state index in [1.165, 1.54) is 0 Å². The zero-order chi connectivity index (χ0) is 15.5. The summed E-state index contributed by atoms with van der Waals surface area (Å²) in [6.45, 7) is 2.10. The molecular weight excluding hydrogens is 276 g/mol. The van der Waals surface area contributed by atoms with Crippen LogP contribution in [0.4, 0.5) is 17.6 Å². The molecule has 6 heteroatoms. The quantitative estimate of drug-likeness (QED) is 0.906. The molecule has 1 aliphatic heterocycles. The van der Waals surface area contributed by atoms with Crippen LogP contribution < -0.4 is 11.1 Å². The lowest BCUT2D eigenvalue weighted by molar-refractivity contribution is 0.651. The van der Waals surface area contributed by atoms with Gasteiger partial charge in [-0.05, 0) is 30.2 Å². The first-order valence-electron chi connectivity index (χ1n) is 7.15. The predicted molar refractivity (Wildman–Crippen MR) is 89.0 cm³/mol. The SMILES string of the molecule is CC/C=C1/c2c(cc(Nc3ncccn3)nc2N)C=CN1C. The second-order valence-electron chi connectivity index (χ2n) is 4.98. The Bertz CT molecular complexity index is 736. The van der Waals surface area contributed by atoms with Gasteiger partial charge >= 0.3 is 0 Å². The first kappa shape index (κ1) is 14.1. The van der Waals surface area contributed by atoms with Crippen LogP contribution in [0.3, 0.4) is 0 Å². The third-order valence-corrected chi connectivity index (χ3v) is 3.39. The molecule has 0 amide bonds. The molecule has 0 spiro atoms. The van der Waals surface area contributed by atoms with Crippen molar-refractivity contribution in [2.75, 3.05) is 18.1 Å². The number of aromatic nitrogens is 3. The van der Waals surface area contributed by atoms with Gasteiger partial charge in [-0.2, -0.15) is 0 Å². The number of rotatable bonds is 3. The Morgan fingerprint density at radius 3 is 2.82 bits per heavy atom. The summed E-state index contributed by atoms with van der Waals surface area (Å²) in [5, 5.41) is 3.07. The molecule has 0 saturated heterocycles. The molecule has 0 radical (unpaired) electrons. The fraction of sp³-hybridized carbons (Fsp3) is 0.188. The minimum absolute atomic E-state index is 0.492. The van der Waals surface area contributed by atoms with Crippen LogP contribution in [0, 0.1) is 0 Å². The largest absolute Gasteiger partial charge is 0.383 e. The van der Waals surface area contributed by atoms with Gasteiger partial charge in [0.15, 0.2) is 0 Å². The van der Waals surface area contributed by atoms with Crippen molar-refractivity contribution >= 4 is 29.4 Å². The van der Waals surface area contributed by atoms with Gasteiger partial charge in [0.1, 0.15) is 11.6 Å². The Labute approximate surface area is 129 Å².